The molecule has 0 bridgehead atoms. The number of anilines is 1. The van der Waals surface area contributed by atoms with Gasteiger partial charge in [-0.2, -0.15) is 18.3 Å². The molecule has 1 amide bonds. The first-order valence-corrected chi connectivity index (χ1v) is 7.97. The lowest BCUT2D eigenvalue weighted by Gasteiger charge is -2.11. The Morgan fingerprint density at radius 3 is 2.54 bits per heavy atom. The van der Waals surface area contributed by atoms with Crippen LogP contribution in [0, 0.1) is 10.1 Å². The largest absolute Gasteiger partial charge is 0.416 e. The van der Waals surface area contributed by atoms with E-state index in [2.05, 4.69) is 37.0 Å². The Balaban J connectivity index is 2.21. The Labute approximate surface area is 153 Å². The minimum Gasteiger partial charge on any atom is -0.292 e. The van der Waals surface area contributed by atoms with E-state index in [-0.39, 0.29) is 17.3 Å². The molecule has 0 fully saturated rings. The van der Waals surface area contributed by atoms with E-state index in [4.69, 9.17) is 0 Å². The zero-order chi connectivity index (χ0) is 19.6. The van der Waals surface area contributed by atoms with Crippen molar-refractivity contribution in [2.24, 2.45) is 0 Å². The van der Waals surface area contributed by atoms with Crippen molar-refractivity contribution in [1.29, 1.82) is 0 Å². The normalized spacial score (nSPS) is 11.5. The molecule has 1 aromatic heterocycles. The number of carbonyl (C=O) groups is 1. The molecule has 2 aromatic rings. The second-order valence-electron chi connectivity index (χ2n) is 5.52. The van der Waals surface area contributed by atoms with E-state index < -0.39 is 28.3 Å². The average molecular weight is 436 g/mol. The first-order valence-electron chi connectivity index (χ1n) is 7.18. The fourth-order valence-electron chi connectivity index (χ4n) is 2.02. The smallest absolute Gasteiger partial charge is 0.292 e. The van der Waals surface area contributed by atoms with Crippen molar-refractivity contribution in [2.45, 2.75) is 25.9 Å². The highest BCUT2D eigenvalue weighted by Gasteiger charge is 2.33. The van der Waals surface area contributed by atoms with Crippen molar-refractivity contribution < 1.29 is 22.9 Å². The first kappa shape index (κ1) is 19.7. The van der Waals surface area contributed by atoms with Gasteiger partial charge in [0.25, 0.3) is 11.6 Å². The molecule has 0 unspecified atom stereocenters. The molecule has 140 valence electrons. The summed E-state index contributed by atoms with van der Waals surface area (Å²) in [6.07, 6.45) is -4.72. The number of nitrogens with one attached hydrogen (secondary N) is 3. The molecule has 2 rings (SSSR count). The van der Waals surface area contributed by atoms with Crippen LogP contribution in [0.15, 0.2) is 22.7 Å². The van der Waals surface area contributed by atoms with E-state index in [9.17, 15) is 28.1 Å². The molecule has 1 heterocycles. The summed E-state index contributed by atoms with van der Waals surface area (Å²) in [6, 6.07) is 1.92. The number of amides is 1. The maximum Gasteiger partial charge on any atom is 0.416 e. The molecule has 0 aliphatic heterocycles. The van der Waals surface area contributed by atoms with E-state index in [0.717, 1.165) is 6.07 Å². The van der Waals surface area contributed by atoms with E-state index >= 15 is 0 Å². The van der Waals surface area contributed by atoms with Gasteiger partial charge in [0.2, 0.25) is 0 Å². The van der Waals surface area contributed by atoms with E-state index in [1.54, 1.807) is 0 Å². The van der Waals surface area contributed by atoms with Gasteiger partial charge in [-0.25, -0.2) is 0 Å². The van der Waals surface area contributed by atoms with E-state index in [1.807, 2.05) is 13.8 Å². The standard InChI is InChI=1S/C14H13BrF3N5O3/c1-6(2)11-10(15)12(21-20-11)13(24)22-19-8-4-3-7(14(16,17)18)5-9(8)23(25)26/h3-6,19H,1-2H3,(H,20,21)(H,22,24). The van der Waals surface area contributed by atoms with Crippen LogP contribution < -0.4 is 10.9 Å². The molecule has 0 aliphatic carbocycles. The molecule has 3 N–H and O–H groups in total. The van der Waals surface area contributed by atoms with Gasteiger partial charge in [0.15, 0.2) is 5.69 Å². The van der Waals surface area contributed by atoms with Crippen LogP contribution in [0.4, 0.5) is 24.5 Å². The molecule has 0 atom stereocenters. The first-order chi connectivity index (χ1) is 12.0. The van der Waals surface area contributed by atoms with Gasteiger partial charge >= 0.3 is 6.18 Å². The monoisotopic (exact) mass is 435 g/mol. The number of aromatic nitrogens is 2. The number of benzene rings is 1. The van der Waals surface area contributed by atoms with Crippen molar-refractivity contribution in [3.05, 3.63) is 49.7 Å². The third-order valence-electron chi connectivity index (χ3n) is 3.36. The van der Waals surface area contributed by atoms with Gasteiger partial charge < -0.3 is 0 Å². The molecule has 12 heteroatoms. The van der Waals surface area contributed by atoms with Crippen LogP contribution in [-0.4, -0.2) is 21.0 Å². The van der Waals surface area contributed by atoms with Crippen molar-refractivity contribution in [3.8, 4) is 0 Å². The molecule has 0 aliphatic rings. The number of carbonyl (C=O) groups excluding carboxylic acids is 1. The zero-order valence-electron chi connectivity index (χ0n) is 13.4. The van der Waals surface area contributed by atoms with Crippen LogP contribution in [0.2, 0.25) is 0 Å². The third-order valence-corrected chi connectivity index (χ3v) is 4.16. The van der Waals surface area contributed by atoms with Crippen molar-refractivity contribution in [3.63, 3.8) is 0 Å². The second kappa shape index (κ2) is 7.32. The molecule has 1 aromatic carbocycles. The molecular formula is C14H13BrF3N5O3. The van der Waals surface area contributed by atoms with Crippen LogP contribution in [0.3, 0.4) is 0 Å². The molecule has 0 radical (unpaired) electrons. The van der Waals surface area contributed by atoms with Gasteiger partial charge in [0.1, 0.15) is 5.69 Å². The SMILES string of the molecule is CC(C)c1[nH]nc(C(=O)NNc2ccc(C(F)(F)F)cc2[N+](=O)[O-])c1Br. The summed E-state index contributed by atoms with van der Waals surface area (Å²) in [7, 11) is 0. The van der Waals surface area contributed by atoms with Crippen molar-refractivity contribution >= 4 is 33.2 Å². The van der Waals surface area contributed by atoms with Crippen molar-refractivity contribution in [1.82, 2.24) is 15.6 Å². The second-order valence-corrected chi connectivity index (χ2v) is 6.31. The highest BCUT2D eigenvalue weighted by molar-refractivity contribution is 9.10. The summed E-state index contributed by atoms with van der Waals surface area (Å²) in [6.45, 7) is 3.76. The van der Waals surface area contributed by atoms with Gasteiger partial charge in [0, 0.05) is 6.07 Å². The third kappa shape index (κ3) is 4.12. The number of H-pyrrole nitrogens is 1. The Kier molecular flexibility index (Phi) is 5.54. The van der Waals surface area contributed by atoms with Gasteiger partial charge in [0.05, 0.1) is 20.7 Å². The highest BCUT2D eigenvalue weighted by atomic mass is 79.9. The molecule has 8 nitrogen and oxygen atoms in total. The number of alkyl halides is 3. The molecule has 0 saturated heterocycles. The predicted octanol–water partition coefficient (Wildman–Crippen LogP) is 3.98. The molecule has 26 heavy (non-hydrogen) atoms. The summed E-state index contributed by atoms with van der Waals surface area (Å²) in [4.78, 5) is 22.2. The van der Waals surface area contributed by atoms with Crippen molar-refractivity contribution in [2.75, 3.05) is 5.43 Å². The number of nitrogens with zero attached hydrogens (tertiary/aromatic N) is 2. The molecule has 0 spiro atoms. The number of rotatable bonds is 5. The number of nitro groups is 1. The van der Waals surface area contributed by atoms with Gasteiger partial charge in [-0.1, -0.05) is 13.8 Å². The molecule has 0 saturated carbocycles. The minimum absolute atomic E-state index is 0.00392. The maximum absolute atomic E-state index is 12.7. The van der Waals surface area contributed by atoms with Gasteiger partial charge in [-0.15, -0.1) is 0 Å². The lowest BCUT2D eigenvalue weighted by molar-refractivity contribution is -0.384. The highest BCUT2D eigenvalue weighted by Crippen LogP contribution is 2.34. The summed E-state index contributed by atoms with van der Waals surface area (Å²) in [5.41, 5.74) is 2.80. The maximum atomic E-state index is 12.7. The number of hydrogen-bond acceptors (Lipinski definition) is 5. The van der Waals surface area contributed by atoms with E-state index in [0.29, 0.717) is 22.3 Å². The lowest BCUT2D eigenvalue weighted by Crippen LogP contribution is -2.30. The lowest BCUT2D eigenvalue weighted by atomic mass is 10.1. The number of halogens is 4. The quantitative estimate of drug-likeness (QED) is 0.485. The topological polar surface area (TPSA) is 113 Å². The van der Waals surface area contributed by atoms with Crippen LogP contribution in [0.5, 0.6) is 0 Å². The Hall–Kier alpha value is -2.63. The van der Waals surface area contributed by atoms with E-state index in [1.165, 1.54) is 0 Å². The number of aromatic amines is 1. The Morgan fingerprint density at radius 1 is 1.38 bits per heavy atom. The minimum atomic E-state index is -4.72. The Morgan fingerprint density at radius 2 is 2.04 bits per heavy atom. The number of hydrogen-bond donors (Lipinski definition) is 3. The fourth-order valence-corrected chi connectivity index (χ4v) is 2.84. The summed E-state index contributed by atoms with van der Waals surface area (Å²) >= 11 is 3.23. The number of hydrazine groups is 1. The van der Waals surface area contributed by atoms with Crippen LogP contribution in [-0.2, 0) is 6.18 Å². The summed E-state index contributed by atoms with van der Waals surface area (Å²) < 4.78 is 38.5. The summed E-state index contributed by atoms with van der Waals surface area (Å²) in [5.74, 6) is -0.670. The van der Waals surface area contributed by atoms with Crippen LogP contribution in [0.1, 0.15) is 41.5 Å². The molecular weight excluding hydrogens is 423 g/mol. The van der Waals surface area contributed by atoms with Crippen LogP contribution in [0.25, 0.3) is 0 Å². The average Bonchev–Trinajstić information content (AvgIpc) is 2.93. The Bertz CT molecular complexity index is 851. The zero-order valence-corrected chi connectivity index (χ0v) is 15.0. The number of nitro benzene ring substituents is 1. The van der Waals surface area contributed by atoms with Crippen LogP contribution >= 0.6 is 15.9 Å². The predicted molar refractivity (Wildman–Crippen MR) is 89.6 cm³/mol. The van der Waals surface area contributed by atoms with Gasteiger partial charge in [-0.3, -0.25) is 30.9 Å². The fraction of sp³-hybridized carbons (Fsp3) is 0.286. The van der Waals surface area contributed by atoms with Gasteiger partial charge in [-0.05, 0) is 34.0 Å². The summed E-state index contributed by atoms with van der Waals surface area (Å²) in [5, 5.41) is 17.5.